The van der Waals surface area contributed by atoms with Gasteiger partial charge in [-0.05, 0) is 62.6 Å². The van der Waals surface area contributed by atoms with Crippen LogP contribution < -0.4 is 5.32 Å². The summed E-state index contributed by atoms with van der Waals surface area (Å²) in [4.78, 5) is 24.7. The number of carbonyl (C=O) groups is 1. The lowest BCUT2D eigenvalue weighted by Gasteiger charge is -2.37. The van der Waals surface area contributed by atoms with Crippen molar-refractivity contribution in [2.24, 2.45) is 5.41 Å². The quantitative estimate of drug-likeness (QED) is 0.859. The topological polar surface area (TPSA) is 67.8 Å². The van der Waals surface area contributed by atoms with E-state index in [1.165, 1.54) is 6.33 Å². The third kappa shape index (κ3) is 3.25. The van der Waals surface area contributed by atoms with Crippen LogP contribution in [-0.4, -0.2) is 26.4 Å². The largest absolute Gasteiger partial charge is 0.345 e. The lowest BCUT2D eigenvalue weighted by Crippen LogP contribution is -2.49. The number of carbonyl (C=O) groups excluding carboxylic acids is 1. The first-order valence-electron chi connectivity index (χ1n) is 8.72. The third-order valence-corrected chi connectivity index (χ3v) is 5.38. The number of nitrogens with zero attached hydrogens (tertiary/aromatic N) is 3. The third-order valence-electron chi connectivity index (χ3n) is 5.38. The second-order valence-corrected chi connectivity index (χ2v) is 7.10. The molecule has 0 aliphatic heterocycles. The summed E-state index contributed by atoms with van der Waals surface area (Å²) < 4.78 is 0. The predicted molar refractivity (Wildman–Crippen MR) is 93.5 cm³/mol. The first kappa shape index (κ1) is 15.8. The molecule has 25 heavy (non-hydrogen) atoms. The number of fused-ring (bicyclic) bond motifs is 2. The summed E-state index contributed by atoms with van der Waals surface area (Å²) in [5.41, 5.74) is 1.07. The SMILES string of the molecule is O=C(N[C@]12CCC[C@](C#Cc3ccccn3)(CC1)C2)c1ccncn1. The van der Waals surface area contributed by atoms with E-state index < -0.39 is 0 Å². The molecule has 2 aromatic heterocycles. The molecule has 0 saturated heterocycles. The van der Waals surface area contributed by atoms with Crippen molar-refractivity contribution in [2.45, 2.75) is 44.1 Å². The Morgan fingerprint density at radius 1 is 1.08 bits per heavy atom. The summed E-state index contributed by atoms with van der Waals surface area (Å²) in [7, 11) is 0. The van der Waals surface area contributed by atoms with Crippen molar-refractivity contribution in [3.05, 3.63) is 54.4 Å². The minimum Gasteiger partial charge on any atom is -0.345 e. The summed E-state index contributed by atoms with van der Waals surface area (Å²) >= 11 is 0. The molecule has 4 rings (SSSR count). The highest BCUT2D eigenvalue weighted by molar-refractivity contribution is 5.92. The van der Waals surface area contributed by atoms with Crippen LogP contribution in [0.1, 0.15) is 54.7 Å². The Morgan fingerprint density at radius 3 is 2.84 bits per heavy atom. The summed E-state index contributed by atoms with van der Waals surface area (Å²) in [5, 5.41) is 3.25. The maximum Gasteiger partial charge on any atom is 0.270 e. The van der Waals surface area contributed by atoms with Gasteiger partial charge in [-0.25, -0.2) is 15.0 Å². The molecule has 0 spiro atoms. The predicted octanol–water partition coefficient (Wildman–Crippen LogP) is 2.75. The van der Waals surface area contributed by atoms with Gasteiger partial charge in [-0.1, -0.05) is 12.0 Å². The first-order valence-corrected chi connectivity index (χ1v) is 8.72. The lowest BCUT2D eigenvalue weighted by molar-refractivity contribution is 0.0866. The van der Waals surface area contributed by atoms with Crippen molar-refractivity contribution in [1.29, 1.82) is 0 Å². The first-order chi connectivity index (χ1) is 12.2. The second-order valence-electron chi connectivity index (χ2n) is 7.10. The average Bonchev–Trinajstić information content (AvgIpc) is 2.92. The zero-order chi connectivity index (χ0) is 17.2. The number of amides is 1. The minimum atomic E-state index is -0.154. The van der Waals surface area contributed by atoms with Gasteiger partial charge in [0.1, 0.15) is 17.7 Å². The van der Waals surface area contributed by atoms with Crippen molar-refractivity contribution in [1.82, 2.24) is 20.3 Å². The molecule has 1 N–H and O–H groups in total. The number of hydrogen-bond donors (Lipinski definition) is 1. The van der Waals surface area contributed by atoms with E-state index in [0.29, 0.717) is 5.69 Å². The van der Waals surface area contributed by atoms with Crippen molar-refractivity contribution < 1.29 is 4.79 Å². The molecule has 1 amide bonds. The van der Waals surface area contributed by atoms with Gasteiger partial charge >= 0.3 is 0 Å². The fraction of sp³-hybridized carbons (Fsp3) is 0.400. The van der Waals surface area contributed by atoms with Crippen molar-refractivity contribution in [2.75, 3.05) is 0 Å². The molecule has 2 aromatic rings. The molecule has 2 heterocycles. The summed E-state index contributed by atoms with van der Waals surface area (Å²) in [6.45, 7) is 0. The Hall–Kier alpha value is -2.74. The molecule has 2 bridgehead atoms. The Bertz CT molecular complexity index is 827. The number of aromatic nitrogens is 3. The molecule has 2 atom stereocenters. The Labute approximate surface area is 147 Å². The molecule has 0 unspecified atom stereocenters. The monoisotopic (exact) mass is 332 g/mol. The van der Waals surface area contributed by atoms with E-state index in [-0.39, 0.29) is 16.9 Å². The fourth-order valence-corrected chi connectivity index (χ4v) is 4.20. The number of pyridine rings is 1. The Morgan fingerprint density at radius 2 is 2.04 bits per heavy atom. The molecule has 126 valence electrons. The Balaban J connectivity index is 1.52. The Kier molecular flexibility index (Phi) is 3.96. The normalized spacial score (nSPS) is 27.2. The standard InChI is InChI=1S/C20H20N4O/c25-18(17-6-13-21-15-23-17)24-20-8-3-7-19(14-20,10-11-20)9-5-16-4-1-2-12-22-16/h1-2,4,6,12-13,15H,3,7-8,10-11,14H2,(H,24,25)/t19-,20+/m0/s1. The zero-order valence-electron chi connectivity index (χ0n) is 14.0. The molecule has 5 heteroatoms. The van der Waals surface area contributed by atoms with Crippen molar-refractivity contribution in [3.63, 3.8) is 0 Å². The van der Waals surface area contributed by atoms with E-state index in [1.807, 2.05) is 18.2 Å². The highest BCUT2D eigenvalue weighted by atomic mass is 16.2. The van der Waals surface area contributed by atoms with Crippen LogP contribution in [0.2, 0.25) is 0 Å². The van der Waals surface area contributed by atoms with E-state index in [1.54, 1.807) is 18.5 Å². The van der Waals surface area contributed by atoms with Crippen LogP contribution in [0.25, 0.3) is 0 Å². The molecule has 0 radical (unpaired) electrons. The van der Waals surface area contributed by atoms with Gasteiger partial charge in [-0.15, -0.1) is 0 Å². The summed E-state index contributed by atoms with van der Waals surface area (Å²) in [6, 6.07) is 7.44. The average molecular weight is 332 g/mol. The number of nitrogens with one attached hydrogen (secondary N) is 1. The van der Waals surface area contributed by atoms with E-state index in [0.717, 1.165) is 44.2 Å². The molecule has 2 fully saturated rings. The fourth-order valence-electron chi connectivity index (χ4n) is 4.20. The van der Waals surface area contributed by atoms with E-state index >= 15 is 0 Å². The van der Waals surface area contributed by atoms with Crippen LogP contribution in [0.15, 0.2) is 43.0 Å². The maximum absolute atomic E-state index is 12.5. The van der Waals surface area contributed by atoms with Gasteiger partial charge in [0.05, 0.1) is 0 Å². The molecule has 2 aliphatic rings. The highest BCUT2D eigenvalue weighted by Crippen LogP contribution is 2.53. The van der Waals surface area contributed by atoms with Gasteiger partial charge in [-0.2, -0.15) is 0 Å². The zero-order valence-corrected chi connectivity index (χ0v) is 14.0. The van der Waals surface area contributed by atoms with Gasteiger partial charge < -0.3 is 5.32 Å². The molecule has 5 nitrogen and oxygen atoms in total. The van der Waals surface area contributed by atoms with Crippen LogP contribution in [0.3, 0.4) is 0 Å². The van der Waals surface area contributed by atoms with Crippen LogP contribution in [0.5, 0.6) is 0 Å². The second kappa shape index (κ2) is 6.29. The van der Waals surface area contributed by atoms with Gasteiger partial charge in [0.25, 0.3) is 5.91 Å². The van der Waals surface area contributed by atoms with Crippen molar-refractivity contribution in [3.8, 4) is 11.8 Å². The smallest absolute Gasteiger partial charge is 0.270 e. The highest BCUT2D eigenvalue weighted by Gasteiger charge is 2.51. The van der Waals surface area contributed by atoms with Crippen LogP contribution >= 0.6 is 0 Å². The maximum atomic E-state index is 12.5. The van der Waals surface area contributed by atoms with Crippen LogP contribution in [0.4, 0.5) is 0 Å². The van der Waals surface area contributed by atoms with E-state index in [9.17, 15) is 4.79 Å². The molecule has 0 aromatic carbocycles. The van der Waals surface area contributed by atoms with Gasteiger partial charge in [-0.3, -0.25) is 4.79 Å². The molecular formula is C20H20N4O. The minimum absolute atomic E-state index is 0.00523. The summed E-state index contributed by atoms with van der Waals surface area (Å²) in [6.07, 6.45) is 10.9. The van der Waals surface area contributed by atoms with E-state index in [4.69, 9.17) is 0 Å². The van der Waals surface area contributed by atoms with Crippen molar-refractivity contribution >= 4 is 5.91 Å². The molecular weight excluding hydrogens is 312 g/mol. The van der Waals surface area contributed by atoms with Gasteiger partial charge in [0, 0.05) is 23.3 Å². The summed E-state index contributed by atoms with van der Waals surface area (Å²) in [5.74, 6) is 6.62. The molecule has 2 saturated carbocycles. The van der Waals surface area contributed by atoms with Crippen LogP contribution in [0, 0.1) is 17.3 Å². The number of hydrogen-bond acceptors (Lipinski definition) is 4. The van der Waals surface area contributed by atoms with E-state index in [2.05, 4.69) is 32.1 Å². The van der Waals surface area contributed by atoms with Gasteiger partial charge in [0.15, 0.2) is 0 Å². The lowest BCUT2D eigenvalue weighted by atomic mass is 9.73. The number of rotatable bonds is 2. The van der Waals surface area contributed by atoms with Crippen LogP contribution in [-0.2, 0) is 0 Å². The molecule has 2 aliphatic carbocycles. The van der Waals surface area contributed by atoms with Gasteiger partial charge in [0.2, 0.25) is 0 Å².